The summed E-state index contributed by atoms with van der Waals surface area (Å²) in [6.45, 7) is 1.92. The first-order valence-electron chi connectivity index (χ1n) is 5.02. The van der Waals surface area contributed by atoms with Gasteiger partial charge in [0.25, 0.3) is 0 Å². The fourth-order valence-electron chi connectivity index (χ4n) is 1.20. The molecule has 0 atom stereocenters. The van der Waals surface area contributed by atoms with E-state index in [1.54, 1.807) is 12.1 Å². The van der Waals surface area contributed by atoms with Gasteiger partial charge in [0.15, 0.2) is 5.17 Å². The number of hydrogen-bond acceptors (Lipinski definition) is 5. The van der Waals surface area contributed by atoms with Crippen LogP contribution in [0.5, 0.6) is 11.5 Å². The molecule has 1 aromatic rings. The number of benzene rings is 1. The number of rotatable bonds is 3. The lowest BCUT2D eigenvalue weighted by Gasteiger charge is -2.10. The standard InChI is InChI=1S/C11H15N3O2S/c1-3-17-11(13)14-10(12)8-6-7(16-2)4-5-9(8)15/h4-6,15H,3H2,1-2H3,(H3,12,13,14). The topological polar surface area (TPSA) is 89.2 Å². The summed E-state index contributed by atoms with van der Waals surface area (Å²) < 4.78 is 5.02. The molecule has 0 heterocycles. The van der Waals surface area contributed by atoms with Crippen molar-refractivity contribution in [2.24, 2.45) is 0 Å². The van der Waals surface area contributed by atoms with E-state index in [9.17, 15) is 5.11 Å². The lowest BCUT2D eigenvalue weighted by molar-refractivity contribution is 0.412. The predicted octanol–water partition coefficient (Wildman–Crippen LogP) is 2.00. The molecular weight excluding hydrogens is 238 g/mol. The summed E-state index contributed by atoms with van der Waals surface area (Å²) in [5, 5.41) is 27.7. The number of nitrogens with one attached hydrogen (secondary N) is 3. The first-order chi connectivity index (χ1) is 8.08. The Morgan fingerprint density at radius 1 is 1.47 bits per heavy atom. The maximum atomic E-state index is 9.63. The van der Waals surface area contributed by atoms with Crippen molar-refractivity contribution >= 4 is 22.8 Å². The first-order valence-corrected chi connectivity index (χ1v) is 6.01. The van der Waals surface area contributed by atoms with Crippen LogP contribution in [0.3, 0.4) is 0 Å². The zero-order valence-electron chi connectivity index (χ0n) is 9.70. The monoisotopic (exact) mass is 253 g/mol. The number of ether oxygens (including phenoxy) is 1. The minimum Gasteiger partial charge on any atom is -0.507 e. The van der Waals surface area contributed by atoms with Crippen LogP contribution in [-0.4, -0.2) is 29.0 Å². The molecular formula is C11H15N3O2S. The van der Waals surface area contributed by atoms with E-state index < -0.39 is 0 Å². The van der Waals surface area contributed by atoms with Gasteiger partial charge in [0.1, 0.15) is 17.3 Å². The summed E-state index contributed by atoms with van der Waals surface area (Å²) in [7, 11) is 1.52. The Hall–Kier alpha value is -1.69. The lowest BCUT2D eigenvalue weighted by atomic mass is 10.1. The molecule has 6 heteroatoms. The molecule has 0 saturated heterocycles. The van der Waals surface area contributed by atoms with E-state index in [1.807, 2.05) is 6.92 Å². The molecule has 92 valence electrons. The van der Waals surface area contributed by atoms with Gasteiger partial charge in [-0.15, -0.1) is 0 Å². The van der Waals surface area contributed by atoms with Crippen molar-refractivity contribution in [3.8, 4) is 11.5 Å². The molecule has 0 fully saturated rings. The fraction of sp³-hybridized carbons (Fsp3) is 0.273. The summed E-state index contributed by atoms with van der Waals surface area (Å²) >= 11 is 1.29. The van der Waals surface area contributed by atoms with Crippen molar-refractivity contribution < 1.29 is 9.84 Å². The van der Waals surface area contributed by atoms with Gasteiger partial charge in [-0.25, -0.2) is 0 Å². The number of thioether (sulfide) groups is 1. The Morgan fingerprint density at radius 2 is 2.18 bits per heavy atom. The fourth-order valence-corrected chi connectivity index (χ4v) is 1.67. The molecule has 0 bridgehead atoms. The normalized spacial score (nSPS) is 9.76. The molecule has 0 saturated carbocycles. The average Bonchev–Trinajstić information content (AvgIpc) is 2.29. The molecule has 1 rings (SSSR count). The molecule has 0 unspecified atom stereocenters. The molecule has 0 aromatic heterocycles. The van der Waals surface area contributed by atoms with Crippen LogP contribution < -0.4 is 10.1 Å². The minimum absolute atomic E-state index is 0.0161. The molecule has 1 aromatic carbocycles. The second kappa shape index (κ2) is 6.15. The molecule has 0 aliphatic carbocycles. The van der Waals surface area contributed by atoms with E-state index in [0.717, 1.165) is 5.75 Å². The summed E-state index contributed by atoms with van der Waals surface area (Å²) in [5.41, 5.74) is 0.311. The van der Waals surface area contributed by atoms with Crippen molar-refractivity contribution in [3.63, 3.8) is 0 Å². The summed E-state index contributed by atoms with van der Waals surface area (Å²) in [4.78, 5) is 0. The number of amidine groups is 2. The van der Waals surface area contributed by atoms with Gasteiger partial charge >= 0.3 is 0 Å². The highest BCUT2D eigenvalue weighted by Gasteiger charge is 2.10. The molecule has 4 N–H and O–H groups in total. The van der Waals surface area contributed by atoms with Crippen LogP contribution in [0.15, 0.2) is 18.2 Å². The van der Waals surface area contributed by atoms with E-state index in [-0.39, 0.29) is 16.8 Å². The Labute approximate surface area is 104 Å². The van der Waals surface area contributed by atoms with Crippen LogP contribution in [0.2, 0.25) is 0 Å². The van der Waals surface area contributed by atoms with Crippen molar-refractivity contribution in [3.05, 3.63) is 23.8 Å². The molecule has 0 amide bonds. The number of aromatic hydroxyl groups is 1. The maximum Gasteiger partial charge on any atom is 0.159 e. The van der Waals surface area contributed by atoms with Crippen molar-refractivity contribution in [1.29, 1.82) is 10.8 Å². The van der Waals surface area contributed by atoms with E-state index in [2.05, 4.69) is 5.32 Å². The molecule has 0 aliphatic heterocycles. The van der Waals surface area contributed by atoms with Crippen LogP contribution in [0.4, 0.5) is 0 Å². The average molecular weight is 253 g/mol. The Kier molecular flexibility index (Phi) is 4.84. The Morgan fingerprint density at radius 3 is 2.76 bits per heavy atom. The van der Waals surface area contributed by atoms with Gasteiger partial charge in [-0.3, -0.25) is 10.8 Å². The highest BCUT2D eigenvalue weighted by molar-refractivity contribution is 8.13. The third kappa shape index (κ3) is 3.67. The van der Waals surface area contributed by atoms with Gasteiger partial charge in [-0.05, 0) is 24.0 Å². The summed E-state index contributed by atoms with van der Waals surface area (Å²) in [5.74, 6) is 1.27. The maximum absolute atomic E-state index is 9.63. The Bertz CT molecular complexity index is 435. The third-order valence-electron chi connectivity index (χ3n) is 2.00. The first kappa shape index (κ1) is 13.4. The number of hydrogen-bond donors (Lipinski definition) is 4. The van der Waals surface area contributed by atoms with Crippen molar-refractivity contribution in [2.75, 3.05) is 12.9 Å². The van der Waals surface area contributed by atoms with E-state index in [4.69, 9.17) is 15.6 Å². The SMILES string of the molecule is CCSC(=N)NC(=N)c1cc(OC)ccc1O. The molecule has 17 heavy (non-hydrogen) atoms. The van der Waals surface area contributed by atoms with Gasteiger partial charge in [-0.2, -0.15) is 0 Å². The van der Waals surface area contributed by atoms with Crippen molar-refractivity contribution in [2.45, 2.75) is 6.92 Å². The van der Waals surface area contributed by atoms with Gasteiger partial charge in [-0.1, -0.05) is 18.7 Å². The zero-order chi connectivity index (χ0) is 12.8. The van der Waals surface area contributed by atoms with Gasteiger partial charge in [0.05, 0.1) is 12.7 Å². The quantitative estimate of drug-likeness (QED) is 0.490. The van der Waals surface area contributed by atoms with Gasteiger partial charge in [0.2, 0.25) is 0 Å². The molecule has 5 nitrogen and oxygen atoms in total. The van der Waals surface area contributed by atoms with E-state index in [1.165, 1.54) is 24.9 Å². The molecule has 0 radical (unpaired) electrons. The summed E-state index contributed by atoms with van der Waals surface area (Å²) in [6.07, 6.45) is 0. The largest absolute Gasteiger partial charge is 0.507 e. The van der Waals surface area contributed by atoms with Gasteiger partial charge in [0, 0.05) is 0 Å². The predicted molar refractivity (Wildman–Crippen MR) is 70.5 cm³/mol. The smallest absolute Gasteiger partial charge is 0.159 e. The van der Waals surface area contributed by atoms with Crippen molar-refractivity contribution in [1.82, 2.24) is 5.32 Å². The van der Waals surface area contributed by atoms with Crippen LogP contribution >= 0.6 is 11.8 Å². The molecule has 0 spiro atoms. The number of phenolic OH excluding ortho intramolecular Hbond substituents is 1. The van der Waals surface area contributed by atoms with E-state index >= 15 is 0 Å². The highest BCUT2D eigenvalue weighted by Crippen LogP contribution is 2.22. The van der Waals surface area contributed by atoms with Crippen LogP contribution in [-0.2, 0) is 0 Å². The van der Waals surface area contributed by atoms with Gasteiger partial charge < -0.3 is 15.2 Å². The Balaban J connectivity index is 2.84. The van der Waals surface area contributed by atoms with Crippen LogP contribution in [0.1, 0.15) is 12.5 Å². The van der Waals surface area contributed by atoms with E-state index in [0.29, 0.717) is 11.3 Å². The second-order valence-corrected chi connectivity index (χ2v) is 4.42. The van der Waals surface area contributed by atoms with Crippen LogP contribution in [0.25, 0.3) is 0 Å². The second-order valence-electron chi connectivity index (χ2n) is 3.15. The number of methoxy groups -OCH3 is 1. The summed E-state index contributed by atoms with van der Waals surface area (Å²) in [6, 6.07) is 4.62. The minimum atomic E-state index is -0.0210. The molecule has 0 aliphatic rings. The lowest BCUT2D eigenvalue weighted by Crippen LogP contribution is -2.27. The highest BCUT2D eigenvalue weighted by atomic mass is 32.2. The number of phenols is 1. The zero-order valence-corrected chi connectivity index (χ0v) is 10.5. The third-order valence-corrected chi connectivity index (χ3v) is 2.68. The van der Waals surface area contributed by atoms with Crippen LogP contribution in [0, 0.1) is 10.8 Å².